The van der Waals surface area contributed by atoms with Crippen molar-refractivity contribution in [1.82, 2.24) is 10.6 Å². The Morgan fingerprint density at radius 3 is 2.21 bits per heavy atom. The van der Waals surface area contributed by atoms with Crippen LogP contribution < -0.4 is 10.6 Å². The van der Waals surface area contributed by atoms with Crippen LogP contribution in [-0.4, -0.2) is 47.6 Å². The van der Waals surface area contributed by atoms with E-state index in [1.807, 2.05) is 0 Å². The number of amides is 2. The van der Waals surface area contributed by atoms with Gasteiger partial charge in [-0.3, -0.25) is 14.4 Å². The Balaban J connectivity index is 2.86. The van der Waals surface area contributed by atoms with Gasteiger partial charge in [-0.25, -0.2) is 9.18 Å². The number of benzene rings is 1. The largest absolute Gasteiger partial charge is 0.480 e. The molecular formula is C19H25FN2O6. The smallest absolute Gasteiger partial charge is 0.326 e. The molecule has 0 aliphatic heterocycles. The number of aliphatic carboxylic acids is 1. The highest BCUT2D eigenvalue weighted by Gasteiger charge is 2.29. The number of carboxylic acids is 1. The highest BCUT2D eigenvalue weighted by molar-refractivity contribution is 5.90. The molecule has 28 heavy (non-hydrogen) atoms. The standard InChI is InChI=1S/C19H25FN2O6/c1-4-28-19(27)11(2)9-16(18(25)26)22-17(24)15(21-12(3)23)10-13-5-7-14(20)8-6-13/h5-8,11,15-16H,4,9-10H2,1-3H3,(H,21,23)(H,22,24)(H,25,26)/t11-,15-,16+/m1/s1. The Morgan fingerprint density at radius 1 is 1.11 bits per heavy atom. The van der Waals surface area contributed by atoms with E-state index in [1.54, 1.807) is 6.92 Å². The van der Waals surface area contributed by atoms with Gasteiger partial charge in [-0.05, 0) is 31.0 Å². The average molecular weight is 396 g/mol. The average Bonchev–Trinajstić information content (AvgIpc) is 2.61. The van der Waals surface area contributed by atoms with Crippen LogP contribution in [0.5, 0.6) is 0 Å². The molecule has 0 spiro atoms. The summed E-state index contributed by atoms with van der Waals surface area (Å²) in [6.45, 7) is 4.52. The van der Waals surface area contributed by atoms with Crippen molar-refractivity contribution in [2.24, 2.45) is 5.92 Å². The number of halogens is 1. The first kappa shape index (κ1) is 23.1. The molecule has 0 unspecified atom stereocenters. The number of ether oxygens (including phenoxy) is 1. The molecule has 0 fully saturated rings. The molecule has 0 saturated carbocycles. The molecule has 0 bridgehead atoms. The Bertz CT molecular complexity index is 707. The first-order valence-electron chi connectivity index (χ1n) is 8.85. The lowest BCUT2D eigenvalue weighted by atomic mass is 10.0. The minimum Gasteiger partial charge on any atom is -0.480 e. The van der Waals surface area contributed by atoms with Crippen molar-refractivity contribution in [2.75, 3.05) is 6.61 Å². The SMILES string of the molecule is CCOC(=O)[C@H](C)C[C@H](NC(=O)[C@@H](Cc1ccc(F)cc1)NC(C)=O)C(=O)O. The highest BCUT2D eigenvalue weighted by atomic mass is 19.1. The van der Waals surface area contributed by atoms with Crippen molar-refractivity contribution < 1.29 is 33.4 Å². The molecule has 1 rings (SSSR count). The maximum atomic E-state index is 13.0. The Hall–Kier alpha value is -2.97. The predicted molar refractivity (Wildman–Crippen MR) is 97.7 cm³/mol. The van der Waals surface area contributed by atoms with Gasteiger partial charge in [-0.2, -0.15) is 0 Å². The summed E-state index contributed by atoms with van der Waals surface area (Å²) in [5, 5.41) is 14.2. The van der Waals surface area contributed by atoms with Crippen molar-refractivity contribution in [1.29, 1.82) is 0 Å². The van der Waals surface area contributed by atoms with E-state index in [1.165, 1.54) is 38.1 Å². The third-order valence-electron chi connectivity index (χ3n) is 3.94. The summed E-state index contributed by atoms with van der Waals surface area (Å²) < 4.78 is 17.9. The van der Waals surface area contributed by atoms with Crippen LogP contribution in [0.3, 0.4) is 0 Å². The van der Waals surface area contributed by atoms with Crippen molar-refractivity contribution in [2.45, 2.75) is 45.7 Å². The summed E-state index contributed by atoms with van der Waals surface area (Å²) in [4.78, 5) is 47.2. The van der Waals surface area contributed by atoms with Crippen LogP contribution in [0.25, 0.3) is 0 Å². The van der Waals surface area contributed by atoms with E-state index in [9.17, 15) is 28.7 Å². The molecule has 0 aliphatic carbocycles. The molecule has 3 atom stereocenters. The van der Waals surface area contributed by atoms with Gasteiger partial charge in [0.15, 0.2) is 0 Å². The van der Waals surface area contributed by atoms with Gasteiger partial charge in [0.25, 0.3) is 0 Å². The molecule has 1 aromatic carbocycles. The molecule has 0 saturated heterocycles. The summed E-state index contributed by atoms with van der Waals surface area (Å²) in [6.07, 6.45) is -0.116. The molecule has 8 nitrogen and oxygen atoms in total. The van der Waals surface area contributed by atoms with Crippen molar-refractivity contribution in [3.05, 3.63) is 35.6 Å². The summed E-state index contributed by atoms with van der Waals surface area (Å²) >= 11 is 0. The monoisotopic (exact) mass is 396 g/mol. The zero-order valence-electron chi connectivity index (χ0n) is 16.0. The fourth-order valence-corrected chi connectivity index (χ4v) is 2.54. The fraction of sp³-hybridized carbons (Fsp3) is 0.474. The van der Waals surface area contributed by atoms with E-state index in [-0.39, 0.29) is 19.4 Å². The van der Waals surface area contributed by atoms with Crippen LogP contribution in [0.2, 0.25) is 0 Å². The lowest BCUT2D eigenvalue weighted by Crippen LogP contribution is -2.52. The summed E-state index contributed by atoms with van der Waals surface area (Å²) in [7, 11) is 0. The molecule has 2 amide bonds. The van der Waals surface area contributed by atoms with Crippen molar-refractivity contribution in [3.8, 4) is 0 Å². The number of carbonyl (C=O) groups is 4. The lowest BCUT2D eigenvalue weighted by Gasteiger charge is -2.22. The van der Waals surface area contributed by atoms with E-state index in [2.05, 4.69) is 10.6 Å². The van der Waals surface area contributed by atoms with Gasteiger partial charge >= 0.3 is 11.9 Å². The first-order chi connectivity index (χ1) is 13.1. The molecule has 0 heterocycles. The quantitative estimate of drug-likeness (QED) is 0.508. The number of carbonyl (C=O) groups excluding carboxylic acids is 3. The summed E-state index contributed by atoms with van der Waals surface area (Å²) in [5.41, 5.74) is 0.585. The van der Waals surface area contributed by atoms with Crippen molar-refractivity contribution >= 4 is 23.8 Å². The van der Waals surface area contributed by atoms with Gasteiger partial charge in [0.2, 0.25) is 11.8 Å². The Labute approximate surface area is 162 Å². The third kappa shape index (κ3) is 7.73. The second-order valence-electron chi connectivity index (χ2n) is 6.37. The number of hydrogen-bond donors (Lipinski definition) is 3. The van der Waals surface area contributed by atoms with E-state index in [4.69, 9.17) is 4.74 Å². The molecule has 154 valence electrons. The van der Waals surface area contributed by atoms with Crippen molar-refractivity contribution in [3.63, 3.8) is 0 Å². The zero-order chi connectivity index (χ0) is 21.3. The van der Waals surface area contributed by atoms with Gasteiger partial charge < -0.3 is 20.5 Å². The van der Waals surface area contributed by atoms with E-state index in [0.717, 1.165) is 0 Å². The highest BCUT2D eigenvalue weighted by Crippen LogP contribution is 2.11. The zero-order valence-corrected chi connectivity index (χ0v) is 16.0. The maximum absolute atomic E-state index is 13.0. The van der Waals surface area contributed by atoms with Crippen LogP contribution in [0.15, 0.2) is 24.3 Å². The summed E-state index contributed by atoms with van der Waals surface area (Å²) in [6, 6.07) is 2.99. The molecule has 3 N–H and O–H groups in total. The molecule has 0 radical (unpaired) electrons. The van der Waals surface area contributed by atoms with E-state index in [0.29, 0.717) is 5.56 Å². The molecule has 1 aromatic rings. The minimum absolute atomic E-state index is 0.0471. The number of nitrogens with one attached hydrogen (secondary N) is 2. The number of rotatable bonds is 10. The lowest BCUT2D eigenvalue weighted by molar-refractivity contribution is -0.149. The molecule has 0 aliphatic rings. The van der Waals surface area contributed by atoms with Crippen LogP contribution in [-0.2, 0) is 30.3 Å². The first-order valence-corrected chi connectivity index (χ1v) is 8.85. The van der Waals surface area contributed by atoms with Gasteiger partial charge in [-0.1, -0.05) is 19.1 Å². The van der Waals surface area contributed by atoms with Crippen LogP contribution in [0, 0.1) is 11.7 Å². The van der Waals surface area contributed by atoms with Crippen LogP contribution in [0.1, 0.15) is 32.8 Å². The molecule has 9 heteroatoms. The Morgan fingerprint density at radius 2 is 1.71 bits per heavy atom. The van der Waals surface area contributed by atoms with Crippen LogP contribution >= 0.6 is 0 Å². The van der Waals surface area contributed by atoms with Gasteiger partial charge in [0.05, 0.1) is 12.5 Å². The van der Waals surface area contributed by atoms with Gasteiger partial charge in [-0.15, -0.1) is 0 Å². The second-order valence-corrected chi connectivity index (χ2v) is 6.37. The topological polar surface area (TPSA) is 122 Å². The fourth-order valence-electron chi connectivity index (χ4n) is 2.54. The third-order valence-corrected chi connectivity index (χ3v) is 3.94. The summed E-state index contributed by atoms with van der Waals surface area (Å²) in [5.74, 6) is -4.25. The Kier molecular flexibility index (Phi) is 9.07. The normalized spacial score (nSPS) is 13.7. The number of esters is 1. The minimum atomic E-state index is -1.34. The van der Waals surface area contributed by atoms with Gasteiger partial charge in [0, 0.05) is 13.3 Å². The van der Waals surface area contributed by atoms with Crippen LogP contribution in [0.4, 0.5) is 4.39 Å². The molecule has 0 aromatic heterocycles. The van der Waals surface area contributed by atoms with Gasteiger partial charge in [0.1, 0.15) is 17.9 Å². The number of hydrogen-bond acceptors (Lipinski definition) is 5. The number of carboxylic acid groups (broad SMARTS) is 1. The van der Waals surface area contributed by atoms with E-state index < -0.39 is 47.6 Å². The second kappa shape index (κ2) is 11.0. The van der Waals surface area contributed by atoms with E-state index >= 15 is 0 Å². The molecular weight excluding hydrogens is 371 g/mol. The maximum Gasteiger partial charge on any atom is 0.326 e. The predicted octanol–water partition coefficient (Wildman–Crippen LogP) is 1.03.